The van der Waals surface area contributed by atoms with Gasteiger partial charge in [-0.15, -0.1) is 0 Å². The molecule has 160 valence electrons. The summed E-state index contributed by atoms with van der Waals surface area (Å²) >= 11 is 0. The number of halogens is 1. The Labute approximate surface area is 175 Å². The number of urea groups is 1. The normalized spacial score (nSPS) is 21.7. The van der Waals surface area contributed by atoms with Crippen molar-refractivity contribution in [3.05, 3.63) is 35.8 Å². The van der Waals surface area contributed by atoms with Crippen LogP contribution in [0.3, 0.4) is 0 Å². The first-order valence-corrected chi connectivity index (χ1v) is 10.2. The second-order valence-corrected chi connectivity index (χ2v) is 8.29. The first-order chi connectivity index (χ1) is 14.3. The van der Waals surface area contributed by atoms with Gasteiger partial charge in [0.2, 0.25) is 5.95 Å². The van der Waals surface area contributed by atoms with Crippen LogP contribution < -0.4 is 20.9 Å². The smallest absolute Gasteiger partial charge is 0.330 e. The third-order valence-corrected chi connectivity index (χ3v) is 6.06. The summed E-state index contributed by atoms with van der Waals surface area (Å²) in [5, 5.41) is 3.43. The van der Waals surface area contributed by atoms with E-state index < -0.39 is 5.82 Å². The highest BCUT2D eigenvalue weighted by Gasteiger charge is 2.31. The minimum absolute atomic E-state index is 0.0515. The Balaban J connectivity index is 1.50. The molecule has 2 aromatic rings. The van der Waals surface area contributed by atoms with Gasteiger partial charge in [0.25, 0.3) is 0 Å². The zero-order valence-electron chi connectivity index (χ0n) is 17.6. The van der Waals surface area contributed by atoms with Crippen LogP contribution in [0.5, 0.6) is 0 Å². The van der Waals surface area contributed by atoms with Gasteiger partial charge < -0.3 is 16.0 Å². The summed E-state index contributed by atoms with van der Waals surface area (Å²) in [5.74, 6) is 0.564. The molecule has 30 heavy (non-hydrogen) atoms. The molecule has 1 aliphatic carbocycles. The lowest BCUT2D eigenvalue weighted by Gasteiger charge is -2.35. The van der Waals surface area contributed by atoms with Crippen LogP contribution in [0.25, 0.3) is 0 Å². The van der Waals surface area contributed by atoms with Crippen LogP contribution in [0.15, 0.2) is 24.4 Å². The Morgan fingerprint density at radius 1 is 1.23 bits per heavy atom. The monoisotopic (exact) mass is 413 g/mol. The molecule has 2 aliphatic rings. The Morgan fingerprint density at radius 3 is 2.63 bits per heavy atom. The summed E-state index contributed by atoms with van der Waals surface area (Å²) in [6.45, 7) is 0.274. The van der Waals surface area contributed by atoms with Crippen molar-refractivity contribution in [3.8, 4) is 0 Å². The fourth-order valence-corrected chi connectivity index (χ4v) is 4.18. The molecule has 1 aromatic carbocycles. The van der Waals surface area contributed by atoms with Gasteiger partial charge in [0.05, 0.1) is 12.2 Å². The first kappa shape index (κ1) is 20.3. The minimum atomic E-state index is -0.548. The second kappa shape index (κ2) is 8.06. The summed E-state index contributed by atoms with van der Waals surface area (Å²) in [7, 11) is 5.92. The van der Waals surface area contributed by atoms with E-state index in [9.17, 15) is 9.18 Å². The van der Waals surface area contributed by atoms with E-state index in [1.807, 2.05) is 0 Å². The number of nitrogens with two attached hydrogens (primary N) is 1. The third kappa shape index (κ3) is 3.89. The molecule has 1 fully saturated rings. The van der Waals surface area contributed by atoms with Gasteiger partial charge in [-0.2, -0.15) is 4.98 Å². The van der Waals surface area contributed by atoms with Crippen LogP contribution in [0.2, 0.25) is 0 Å². The largest absolute Gasteiger partial charge is 0.396 e. The fraction of sp³-hybridized carbons (Fsp3) is 0.476. The Hall–Kier alpha value is -2.94. The summed E-state index contributed by atoms with van der Waals surface area (Å²) in [6, 6.07) is 5.05. The zero-order valence-corrected chi connectivity index (χ0v) is 17.6. The number of carbonyl (C=O) groups excluding carboxylic acids is 1. The van der Waals surface area contributed by atoms with Crippen molar-refractivity contribution in [2.75, 3.05) is 42.0 Å². The first-order valence-electron chi connectivity index (χ1n) is 10.2. The predicted molar refractivity (Wildman–Crippen MR) is 116 cm³/mol. The number of fused-ring (bicyclic) bond motifs is 1. The number of hydrogen-bond donors (Lipinski definition) is 2. The van der Waals surface area contributed by atoms with Crippen molar-refractivity contribution in [2.24, 2.45) is 0 Å². The fourth-order valence-electron chi connectivity index (χ4n) is 4.18. The molecule has 8 nitrogen and oxygen atoms in total. The summed E-state index contributed by atoms with van der Waals surface area (Å²) < 4.78 is 13.9. The Kier molecular flexibility index (Phi) is 5.46. The number of nitrogens with zero attached hydrogens (tertiary/aromatic N) is 5. The van der Waals surface area contributed by atoms with Gasteiger partial charge in [0, 0.05) is 36.6 Å². The molecular formula is C21H28FN7O. The molecule has 4 rings (SSSR count). The quantitative estimate of drug-likeness (QED) is 0.749. The van der Waals surface area contributed by atoms with E-state index in [0.29, 0.717) is 29.5 Å². The standard InChI is InChI=1S/C21H28FN7O/c1-27(2)15-6-4-14(5-7-15)25-20-24-11-13-12-29(21(30)28(3)19(13)26-20)16-8-9-18(23)17(22)10-16/h8-11,14-15H,4-7,12,23H2,1-3H3,(H,24,25,26). The molecule has 0 spiro atoms. The highest BCUT2D eigenvalue weighted by Crippen LogP contribution is 2.31. The van der Waals surface area contributed by atoms with Gasteiger partial charge in [-0.3, -0.25) is 9.80 Å². The maximum atomic E-state index is 13.9. The van der Waals surface area contributed by atoms with E-state index >= 15 is 0 Å². The lowest BCUT2D eigenvalue weighted by molar-refractivity contribution is 0.221. The highest BCUT2D eigenvalue weighted by atomic mass is 19.1. The van der Waals surface area contributed by atoms with Gasteiger partial charge in [0.15, 0.2) is 0 Å². The van der Waals surface area contributed by atoms with Crippen LogP contribution in [-0.4, -0.2) is 54.1 Å². The van der Waals surface area contributed by atoms with Crippen LogP contribution in [0, 0.1) is 5.82 Å². The van der Waals surface area contributed by atoms with Gasteiger partial charge in [-0.1, -0.05) is 0 Å². The SMILES string of the molecule is CN1C(=O)N(c2ccc(N)c(F)c2)Cc2cnc(NC3CCC(N(C)C)CC3)nc21. The van der Waals surface area contributed by atoms with E-state index in [4.69, 9.17) is 5.73 Å². The molecule has 1 aromatic heterocycles. The van der Waals surface area contributed by atoms with Crippen molar-refractivity contribution in [3.63, 3.8) is 0 Å². The van der Waals surface area contributed by atoms with E-state index in [-0.39, 0.29) is 18.3 Å². The molecule has 0 unspecified atom stereocenters. The zero-order chi connectivity index (χ0) is 21.4. The second-order valence-electron chi connectivity index (χ2n) is 8.29. The van der Waals surface area contributed by atoms with Crippen LogP contribution in [-0.2, 0) is 6.54 Å². The van der Waals surface area contributed by atoms with E-state index in [2.05, 4.69) is 34.3 Å². The lowest BCUT2D eigenvalue weighted by atomic mass is 9.91. The van der Waals surface area contributed by atoms with Crippen molar-refractivity contribution < 1.29 is 9.18 Å². The minimum Gasteiger partial charge on any atom is -0.396 e. The molecule has 0 saturated heterocycles. The van der Waals surface area contributed by atoms with Crippen molar-refractivity contribution in [1.82, 2.24) is 14.9 Å². The Morgan fingerprint density at radius 2 is 1.97 bits per heavy atom. The molecule has 0 bridgehead atoms. The van der Waals surface area contributed by atoms with Gasteiger partial charge >= 0.3 is 6.03 Å². The summed E-state index contributed by atoms with van der Waals surface area (Å²) in [6.07, 6.45) is 6.14. The molecule has 3 N–H and O–H groups in total. The molecule has 1 aliphatic heterocycles. The van der Waals surface area contributed by atoms with Crippen LogP contribution in [0.4, 0.5) is 32.3 Å². The average molecular weight is 414 g/mol. The number of benzene rings is 1. The predicted octanol–water partition coefficient (Wildman–Crippen LogP) is 3.06. The number of hydrogen-bond acceptors (Lipinski definition) is 6. The lowest BCUT2D eigenvalue weighted by Crippen LogP contribution is -2.46. The van der Waals surface area contributed by atoms with E-state index in [0.717, 1.165) is 31.2 Å². The molecule has 9 heteroatoms. The number of rotatable bonds is 4. The number of nitrogen functional groups attached to an aromatic ring is 1. The maximum Gasteiger partial charge on any atom is 0.330 e. The van der Waals surface area contributed by atoms with E-state index in [1.54, 1.807) is 19.3 Å². The number of amides is 2. The van der Waals surface area contributed by atoms with Crippen LogP contribution >= 0.6 is 0 Å². The van der Waals surface area contributed by atoms with Crippen molar-refractivity contribution in [1.29, 1.82) is 0 Å². The number of nitrogens with one attached hydrogen (secondary N) is 1. The number of anilines is 4. The van der Waals surface area contributed by atoms with Gasteiger partial charge in [-0.05, 0) is 58.0 Å². The van der Waals surface area contributed by atoms with Gasteiger partial charge in [0.1, 0.15) is 11.6 Å². The highest BCUT2D eigenvalue weighted by molar-refractivity contribution is 6.05. The number of aromatic nitrogens is 2. The van der Waals surface area contributed by atoms with Gasteiger partial charge in [-0.25, -0.2) is 14.2 Å². The average Bonchev–Trinajstić information content (AvgIpc) is 2.73. The number of carbonyl (C=O) groups is 1. The van der Waals surface area contributed by atoms with E-state index in [1.165, 1.54) is 21.9 Å². The molecule has 0 atom stereocenters. The molecule has 2 amide bonds. The molecule has 2 heterocycles. The van der Waals surface area contributed by atoms with Crippen molar-refractivity contribution >= 4 is 29.2 Å². The molecule has 1 saturated carbocycles. The summed E-state index contributed by atoms with van der Waals surface area (Å²) in [5.41, 5.74) is 6.86. The van der Waals surface area contributed by atoms with Crippen molar-refractivity contribution in [2.45, 2.75) is 44.3 Å². The summed E-state index contributed by atoms with van der Waals surface area (Å²) in [4.78, 5) is 27.2. The topological polar surface area (TPSA) is 90.6 Å². The van der Waals surface area contributed by atoms with Crippen LogP contribution in [0.1, 0.15) is 31.2 Å². The third-order valence-electron chi connectivity index (χ3n) is 6.06. The molecular weight excluding hydrogens is 385 g/mol. The maximum absolute atomic E-state index is 13.9. The molecule has 0 radical (unpaired) electrons. The Bertz CT molecular complexity index is 943.